The number of anilines is 2. The summed E-state index contributed by atoms with van der Waals surface area (Å²) in [7, 11) is 0. The number of piperazine rings is 1. The van der Waals surface area contributed by atoms with Crippen molar-refractivity contribution in [3.8, 4) is 0 Å². The summed E-state index contributed by atoms with van der Waals surface area (Å²) in [6, 6.07) is 3.79. The second-order valence-corrected chi connectivity index (χ2v) is 6.68. The normalized spacial score (nSPS) is 14.9. The average molecular weight is 331 g/mol. The minimum Gasteiger partial charge on any atom is -0.345 e. The minimum atomic E-state index is -0.0857. The van der Waals surface area contributed by atoms with Crippen LogP contribution < -0.4 is 10.2 Å². The Kier molecular flexibility index (Phi) is 4.47. The van der Waals surface area contributed by atoms with Crippen molar-refractivity contribution in [1.29, 1.82) is 0 Å². The Bertz CT molecular complexity index is 686. The highest BCUT2D eigenvalue weighted by atomic mass is 32.1. The molecule has 0 aliphatic carbocycles. The van der Waals surface area contributed by atoms with Gasteiger partial charge in [-0.25, -0.2) is 14.8 Å². The smallest absolute Gasteiger partial charge is 0.323 e. The lowest BCUT2D eigenvalue weighted by Crippen LogP contribution is -2.50. The van der Waals surface area contributed by atoms with E-state index >= 15 is 0 Å². The summed E-state index contributed by atoms with van der Waals surface area (Å²) < 4.78 is 0. The molecule has 7 heteroatoms. The minimum absolute atomic E-state index is 0.0857. The number of nitrogens with zero attached hydrogens (tertiary/aromatic N) is 4. The Balaban J connectivity index is 1.57. The lowest BCUT2D eigenvalue weighted by molar-refractivity contribution is 0.208. The van der Waals surface area contributed by atoms with Crippen LogP contribution in [0.25, 0.3) is 0 Å². The molecule has 0 unspecified atom stereocenters. The molecule has 1 aliphatic heterocycles. The standard InChI is InChI=1S/C16H21N5OS/c1-11-8-12(2)17-14(9-11)19-15(22)20-4-6-21(7-5-20)16-18-13(3)10-23-16/h8-10H,4-7H2,1-3H3,(H,17,19,22). The van der Waals surface area contributed by atoms with Crippen molar-refractivity contribution in [3.05, 3.63) is 34.5 Å². The summed E-state index contributed by atoms with van der Waals surface area (Å²) in [4.78, 5) is 25.3. The first-order chi connectivity index (χ1) is 11.0. The molecule has 2 aromatic heterocycles. The predicted molar refractivity (Wildman–Crippen MR) is 93.4 cm³/mol. The van der Waals surface area contributed by atoms with Crippen molar-refractivity contribution < 1.29 is 4.79 Å². The molecular weight excluding hydrogens is 310 g/mol. The number of hydrogen-bond donors (Lipinski definition) is 1. The van der Waals surface area contributed by atoms with Crippen LogP contribution in [-0.4, -0.2) is 47.1 Å². The van der Waals surface area contributed by atoms with Gasteiger partial charge in [-0.1, -0.05) is 0 Å². The van der Waals surface area contributed by atoms with E-state index in [1.54, 1.807) is 11.3 Å². The van der Waals surface area contributed by atoms with Crippen LogP contribution in [0.1, 0.15) is 17.0 Å². The first kappa shape index (κ1) is 15.7. The molecule has 0 bridgehead atoms. The third kappa shape index (κ3) is 3.79. The zero-order valence-corrected chi connectivity index (χ0v) is 14.5. The van der Waals surface area contributed by atoms with Crippen LogP contribution in [-0.2, 0) is 0 Å². The van der Waals surface area contributed by atoms with E-state index in [0.29, 0.717) is 18.9 Å². The van der Waals surface area contributed by atoms with Gasteiger partial charge in [0.1, 0.15) is 5.82 Å². The van der Waals surface area contributed by atoms with Crippen LogP contribution in [0, 0.1) is 20.8 Å². The monoisotopic (exact) mass is 331 g/mol. The van der Waals surface area contributed by atoms with Gasteiger partial charge in [0.15, 0.2) is 5.13 Å². The molecule has 2 amide bonds. The zero-order valence-electron chi connectivity index (χ0n) is 13.7. The Morgan fingerprint density at radius 1 is 1.09 bits per heavy atom. The third-order valence-electron chi connectivity index (χ3n) is 3.78. The number of nitrogens with one attached hydrogen (secondary N) is 1. The summed E-state index contributed by atoms with van der Waals surface area (Å²) in [6.07, 6.45) is 0. The average Bonchev–Trinajstić information content (AvgIpc) is 2.93. The Labute approximate surface area is 140 Å². The van der Waals surface area contributed by atoms with Gasteiger partial charge in [-0.3, -0.25) is 5.32 Å². The highest BCUT2D eigenvalue weighted by Crippen LogP contribution is 2.21. The van der Waals surface area contributed by atoms with Crippen molar-refractivity contribution >= 4 is 28.3 Å². The number of thiazole rings is 1. The summed E-state index contributed by atoms with van der Waals surface area (Å²) >= 11 is 1.66. The molecule has 0 saturated carbocycles. The maximum absolute atomic E-state index is 12.4. The molecule has 1 fully saturated rings. The van der Waals surface area contributed by atoms with Crippen LogP contribution in [0.4, 0.5) is 15.7 Å². The Morgan fingerprint density at radius 2 is 1.83 bits per heavy atom. The zero-order chi connectivity index (χ0) is 16.4. The fourth-order valence-corrected chi connectivity index (χ4v) is 3.54. The second-order valence-electron chi connectivity index (χ2n) is 5.85. The molecule has 1 saturated heterocycles. The topological polar surface area (TPSA) is 61.4 Å². The molecule has 3 rings (SSSR count). The van der Waals surface area contributed by atoms with Gasteiger partial charge in [0.2, 0.25) is 0 Å². The van der Waals surface area contributed by atoms with Gasteiger partial charge in [0.25, 0.3) is 0 Å². The molecule has 0 aromatic carbocycles. The van der Waals surface area contributed by atoms with Crippen LogP contribution in [0.15, 0.2) is 17.5 Å². The number of hydrogen-bond acceptors (Lipinski definition) is 5. The highest BCUT2D eigenvalue weighted by Gasteiger charge is 2.23. The van der Waals surface area contributed by atoms with Crippen molar-refractivity contribution in [2.75, 3.05) is 36.4 Å². The number of rotatable bonds is 2. The van der Waals surface area contributed by atoms with E-state index < -0.39 is 0 Å². The summed E-state index contributed by atoms with van der Waals surface area (Å²) in [5.41, 5.74) is 3.05. The van der Waals surface area contributed by atoms with Crippen molar-refractivity contribution in [2.45, 2.75) is 20.8 Å². The van der Waals surface area contributed by atoms with Gasteiger partial charge in [0.05, 0.1) is 5.69 Å². The third-order valence-corrected chi connectivity index (χ3v) is 4.80. The Morgan fingerprint density at radius 3 is 2.43 bits per heavy atom. The fraction of sp³-hybridized carbons (Fsp3) is 0.438. The van der Waals surface area contributed by atoms with E-state index in [-0.39, 0.29) is 6.03 Å². The first-order valence-corrected chi connectivity index (χ1v) is 8.57. The molecular formula is C16H21N5OS. The van der Waals surface area contributed by atoms with Crippen LogP contribution in [0.3, 0.4) is 0 Å². The summed E-state index contributed by atoms with van der Waals surface area (Å²) in [6.45, 7) is 8.92. The van der Waals surface area contributed by atoms with E-state index in [1.807, 2.05) is 37.8 Å². The maximum Gasteiger partial charge on any atom is 0.323 e. The van der Waals surface area contributed by atoms with E-state index in [1.165, 1.54) is 0 Å². The molecule has 3 heterocycles. The van der Waals surface area contributed by atoms with Crippen LogP contribution in [0.5, 0.6) is 0 Å². The summed E-state index contributed by atoms with van der Waals surface area (Å²) in [5, 5.41) is 5.99. The van der Waals surface area contributed by atoms with E-state index in [2.05, 4.69) is 25.6 Å². The van der Waals surface area contributed by atoms with E-state index in [0.717, 1.165) is 35.2 Å². The lowest BCUT2D eigenvalue weighted by atomic mass is 10.2. The number of aromatic nitrogens is 2. The molecule has 122 valence electrons. The van der Waals surface area contributed by atoms with Gasteiger partial charge in [-0.05, 0) is 38.5 Å². The molecule has 6 nitrogen and oxygen atoms in total. The number of urea groups is 1. The number of carbonyl (C=O) groups is 1. The van der Waals surface area contributed by atoms with Crippen molar-refractivity contribution in [1.82, 2.24) is 14.9 Å². The van der Waals surface area contributed by atoms with Gasteiger partial charge >= 0.3 is 6.03 Å². The second kappa shape index (κ2) is 6.54. The highest BCUT2D eigenvalue weighted by molar-refractivity contribution is 7.13. The number of amides is 2. The largest absolute Gasteiger partial charge is 0.345 e. The van der Waals surface area contributed by atoms with Gasteiger partial charge in [0, 0.05) is 37.3 Å². The number of carbonyl (C=O) groups excluding carboxylic acids is 1. The molecule has 0 spiro atoms. The SMILES string of the molecule is Cc1cc(C)nc(NC(=O)N2CCN(c3nc(C)cs3)CC2)c1. The molecule has 0 radical (unpaired) electrons. The number of pyridine rings is 1. The van der Waals surface area contributed by atoms with Gasteiger partial charge in [-0.15, -0.1) is 11.3 Å². The molecule has 1 N–H and O–H groups in total. The lowest BCUT2D eigenvalue weighted by Gasteiger charge is -2.34. The molecule has 2 aromatic rings. The predicted octanol–water partition coefficient (Wildman–Crippen LogP) is 2.82. The first-order valence-electron chi connectivity index (χ1n) is 7.69. The van der Waals surface area contributed by atoms with Crippen molar-refractivity contribution in [2.24, 2.45) is 0 Å². The fourth-order valence-electron chi connectivity index (χ4n) is 2.68. The molecule has 0 atom stereocenters. The quantitative estimate of drug-likeness (QED) is 0.919. The van der Waals surface area contributed by atoms with Gasteiger partial charge < -0.3 is 9.80 Å². The number of aryl methyl sites for hydroxylation is 3. The molecule has 23 heavy (non-hydrogen) atoms. The Hall–Kier alpha value is -2.15. The van der Waals surface area contributed by atoms with E-state index in [9.17, 15) is 4.79 Å². The maximum atomic E-state index is 12.4. The summed E-state index contributed by atoms with van der Waals surface area (Å²) in [5.74, 6) is 0.616. The van der Waals surface area contributed by atoms with Crippen LogP contribution >= 0.6 is 11.3 Å². The molecule has 1 aliphatic rings. The van der Waals surface area contributed by atoms with Gasteiger partial charge in [-0.2, -0.15) is 0 Å². The van der Waals surface area contributed by atoms with E-state index in [4.69, 9.17) is 0 Å². The van der Waals surface area contributed by atoms with Crippen molar-refractivity contribution in [3.63, 3.8) is 0 Å². The van der Waals surface area contributed by atoms with Crippen LogP contribution in [0.2, 0.25) is 0 Å².